The fourth-order valence-corrected chi connectivity index (χ4v) is 3.23. The Balaban J connectivity index is 2.42. The molecule has 0 bridgehead atoms. The summed E-state index contributed by atoms with van der Waals surface area (Å²) in [6.45, 7) is 2.22. The minimum atomic E-state index is -3.88. The lowest BCUT2D eigenvalue weighted by molar-refractivity contribution is 0.601. The molecule has 2 rings (SSSR count). The second-order valence-electron chi connectivity index (χ2n) is 4.33. The SMILES string of the molecule is CCn1cc(NS(=O)(=O)c2cc(Cl)ccc2N)ccc1=O. The molecule has 0 aliphatic rings. The maximum absolute atomic E-state index is 12.3. The molecule has 1 heterocycles. The fourth-order valence-electron chi connectivity index (χ4n) is 1.79. The summed E-state index contributed by atoms with van der Waals surface area (Å²) in [4.78, 5) is 11.4. The first-order valence-electron chi connectivity index (χ1n) is 6.12. The van der Waals surface area contributed by atoms with Crippen molar-refractivity contribution in [1.82, 2.24) is 4.57 Å². The highest BCUT2D eigenvalue weighted by Gasteiger charge is 2.18. The second kappa shape index (κ2) is 5.79. The Kier molecular flexibility index (Phi) is 4.24. The van der Waals surface area contributed by atoms with Crippen molar-refractivity contribution in [3.05, 3.63) is 51.9 Å². The average Bonchev–Trinajstić information content (AvgIpc) is 2.43. The average molecular weight is 328 g/mol. The van der Waals surface area contributed by atoms with Gasteiger partial charge in [0.1, 0.15) is 4.90 Å². The Morgan fingerprint density at radius 3 is 2.67 bits per heavy atom. The number of anilines is 2. The van der Waals surface area contributed by atoms with Gasteiger partial charge in [-0.1, -0.05) is 11.6 Å². The van der Waals surface area contributed by atoms with Crippen molar-refractivity contribution in [1.29, 1.82) is 0 Å². The standard InChI is InChI=1S/C13H14ClN3O3S/c1-2-17-8-10(4-6-13(17)18)16-21(19,20)12-7-9(14)3-5-11(12)15/h3-8,16H,2,15H2,1H3. The summed E-state index contributed by atoms with van der Waals surface area (Å²) in [5.74, 6) is 0. The van der Waals surface area contributed by atoms with Gasteiger partial charge in [0.05, 0.1) is 11.4 Å². The molecule has 0 unspecified atom stereocenters. The Morgan fingerprint density at radius 1 is 1.29 bits per heavy atom. The number of halogens is 1. The number of nitrogens with two attached hydrogens (primary N) is 1. The molecular formula is C13H14ClN3O3S. The Morgan fingerprint density at radius 2 is 2.00 bits per heavy atom. The van der Waals surface area contributed by atoms with Gasteiger partial charge in [-0.25, -0.2) is 8.42 Å². The van der Waals surface area contributed by atoms with E-state index in [0.29, 0.717) is 6.54 Å². The van der Waals surface area contributed by atoms with Crippen molar-refractivity contribution in [2.75, 3.05) is 10.5 Å². The van der Waals surface area contributed by atoms with Crippen LogP contribution in [0.15, 0.2) is 46.2 Å². The molecule has 3 N–H and O–H groups in total. The van der Waals surface area contributed by atoms with E-state index in [-0.39, 0.29) is 26.9 Å². The zero-order valence-corrected chi connectivity index (χ0v) is 12.8. The van der Waals surface area contributed by atoms with Gasteiger partial charge < -0.3 is 10.3 Å². The number of benzene rings is 1. The third-order valence-electron chi connectivity index (χ3n) is 2.84. The van der Waals surface area contributed by atoms with Gasteiger partial charge in [-0.15, -0.1) is 0 Å². The van der Waals surface area contributed by atoms with E-state index in [9.17, 15) is 13.2 Å². The van der Waals surface area contributed by atoms with E-state index in [1.54, 1.807) is 6.92 Å². The lowest BCUT2D eigenvalue weighted by Crippen LogP contribution is -2.20. The molecule has 0 aliphatic heterocycles. The number of aromatic nitrogens is 1. The molecular weight excluding hydrogens is 314 g/mol. The summed E-state index contributed by atoms with van der Waals surface area (Å²) in [5.41, 5.74) is 5.84. The lowest BCUT2D eigenvalue weighted by Gasteiger charge is -2.11. The Labute approximate surface area is 127 Å². The third-order valence-corrected chi connectivity index (χ3v) is 4.51. The molecule has 112 valence electrons. The predicted octanol–water partition coefficient (Wildman–Crippen LogP) is 1.90. The third kappa shape index (κ3) is 3.37. The lowest BCUT2D eigenvalue weighted by atomic mass is 10.3. The molecule has 1 aromatic carbocycles. The first kappa shape index (κ1) is 15.4. The number of pyridine rings is 1. The van der Waals surface area contributed by atoms with Crippen molar-refractivity contribution in [3.63, 3.8) is 0 Å². The maximum atomic E-state index is 12.3. The van der Waals surface area contributed by atoms with Crippen molar-refractivity contribution in [3.8, 4) is 0 Å². The number of hydrogen-bond donors (Lipinski definition) is 2. The Hall–Kier alpha value is -1.99. The maximum Gasteiger partial charge on any atom is 0.264 e. The van der Waals surface area contributed by atoms with Gasteiger partial charge in [-0.2, -0.15) is 0 Å². The van der Waals surface area contributed by atoms with Crippen LogP contribution in [0.2, 0.25) is 5.02 Å². The first-order chi connectivity index (χ1) is 9.83. The number of hydrogen-bond acceptors (Lipinski definition) is 4. The molecule has 21 heavy (non-hydrogen) atoms. The van der Waals surface area contributed by atoms with Crippen LogP contribution in [0.3, 0.4) is 0 Å². The zero-order chi connectivity index (χ0) is 15.6. The van der Waals surface area contributed by atoms with Gasteiger partial charge in [0.25, 0.3) is 15.6 Å². The van der Waals surface area contributed by atoms with E-state index in [1.165, 1.54) is 41.1 Å². The van der Waals surface area contributed by atoms with Gasteiger partial charge in [0.2, 0.25) is 0 Å². The molecule has 0 aliphatic carbocycles. The van der Waals surface area contributed by atoms with Crippen LogP contribution < -0.4 is 16.0 Å². The summed E-state index contributed by atoms with van der Waals surface area (Å²) in [6.07, 6.45) is 1.43. The summed E-state index contributed by atoms with van der Waals surface area (Å²) in [7, 11) is -3.88. The number of nitrogens with one attached hydrogen (secondary N) is 1. The Bertz CT molecular complexity index is 831. The van der Waals surface area contributed by atoms with Crippen molar-refractivity contribution < 1.29 is 8.42 Å². The summed E-state index contributed by atoms with van der Waals surface area (Å²) in [6, 6.07) is 6.89. The topological polar surface area (TPSA) is 94.2 Å². The van der Waals surface area contributed by atoms with E-state index in [4.69, 9.17) is 17.3 Å². The van der Waals surface area contributed by atoms with Gasteiger partial charge in [-0.05, 0) is 31.2 Å². The number of aryl methyl sites for hydroxylation is 1. The molecule has 2 aromatic rings. The minimum absolute atomic E-state index is 0.0933. The second-order valence-corrected chi connectivity index (χ2v) is 6.42. The van der Waals surface area contributed by atoms with Crippen molar-refractivity contribution in [2.45, 2.75) is 18.4 Å². The highest BCUT2D eigenvalue weighted by molar-refractivity contribution is 7.92. The molecule has 0 radical (unpaired) electrons. The quantitative estimate of drug-likeness (QED) is 0.839. The molecule has 0 atom stereocenters. The zero-order valence-electron chi connectivity index (χ0n) is 11.2. The van der Waals surface area contributed by atoms with E-state index in [0.717, 1.165) is 0 Å². The largest absolute Gasteiger partial charge is 0.398 e. The van der Waals surface area contributed by atoms with Gasteiger partial charge in [0, 0.05) is 23.8 Å². The van der Waals surface area contributed by atoms with Crippen LogP contribution in [-0.2, 0) is 16.6 Å². The van der Waals surface area contributed by atoms with Crippen LogP contribution in [0, 0.1) is 0 Å². The summed E-state index contributed by atoms with van der Waals surface area (Å²) in [5, 5.41) is 0.267. The van der Waals surface area contributed by atoms with Gasteiger partial charge >= 0.3 is 0 Å². The summed E-state index contributed by atoms with van der Waals surface area (Å²) < 4.78 is 28.4. The van der Waals surface area contributed by atoms with Crippen LogP contribution in [-0.4, -0.2) is 13.0 Å². The molecule has 6 nitrogen and oxygen atoms in total. The minimum Gasteiger partial charge on any atom is -0.398 e. The van der Waals surface area contributed by atoms with E-state index in [2.05, 4.69) is 4.72 Å². The van der Waals surface area contributed by atoms with Crippen LogP contribution in [0.4, 0.5) is 11.4 Å². The number of nitrogen functional groups attached to an aromatic ring is 1. The highest BCUT2D eigenvalue weighted by atomic mass is 35.5. The van der Waals surface area contributed by atoms with Crippen LogP contribution in [0.25, 0.3) is 0 Å². The fraction of sp³-hybridized carbons (Fsp3) is 0.154. The molecule has 0 saturated heterocycles. The van der Waals surface area contributed by atoms with Gasteiger partial charge in [-0.3, -0.25) is 9.52 Å². The molecule has 0 spiro atoms. The predicted molar refractivity (Wildman–Crippen MR) is 83.0 cm³/mol. The normalized spacial score (nSPS) is 11.3. The molecule has 0 saturated carbocycles. The smallest absolute Gasteiger partial charge is 0.264 e. The van der Waals surface area contributed by atoms with E-state index < -0.39 is 10.0 Å². The molecule has 8 heteroatoms. The van der Waals surface area contributed by atoms with Gasteiger partial charge in [0.15, 0.2) is 0 Å². The van der Waals surface area contributed by atoms with Crippen LogP contribution in [0.5, 0.6) is 0 Å². The molecule has 1 aromatic heterocycles. The van der Waals surface area contributed by atoms with Crippen molar-refractivity contribution >= 4 is 33.0 Å². The van der Waals surface area contributed by atoms with E-state index >= 15 is 0 Å². The van der Waals surface area contributed by atoms with E-state index in [1.807, 2.05) is 0 Å². The first-order valence-corrected chi connectivity index (χ1v) is 7.98. The number of rotatable bonds is 4. The van der Waals surface area contributed by atoms with Crippen molar-refractivity contribution in [2.24, 2.45) is 0 Å². The molecule has 0 amide bonds. The van der Waals surface area contributed by atoms with Crippen LogP contribution >= 0.6 is 11.6 Å². The number of nitrogens with zero attached hydrogens (tertiary/aromatic N) is 1. The molecule has 0 fully saturated rings. The van der Waals surface area contributed by atoms with Crippen LogP contribution in [0.1, 0.15) is 6.92 Å². The number of sulfonamides is 1. The monoisotopic (exact) mass is 327 g/mol. The highest BCUT2D eigenvalue weighted by Crippen LogP contribution is 2.24. The summed E-state index contributed by atoms with van der Waals surface area (Å²) >= 11 is 5.80.